The summed E-state index contributed by atoms with van der Waals surface area (Å²) in [6, 6.07) is 2.13. The molecule has 0 spiro atoms. The first-order valence-corrected chi connectivity index (χ1v) is 6.69. The highest BCUT2D eigenvalue weighted by Gasteiger charge is 2.28. The van der Waals surface area contributed by atoms with Gasteiger partial charge >= 0.3 is 0 Å². The molecule has 0 atom stereocenters. The normalized spacial score (nSPS) is 16.4. The number of nitrogen functional groups attached to an aromatic ring is 1. The van der Waals surface area contributed by atoms with Crippen molar-refractivity contribution in [3.63, 3.8) is 0 Å². The summed E-state index contributed by atoms with van der Waals surface area (Å²) >= 11 is 0. The maximum atomic E-state index is 13.8. The van der Waals surface area contributed by atoms with Crippen molar-refractivity contribution in [3.05, 3.63) is 29.3 Å². The number of hydrogen-bond acceptors (Lipinski definition) is 3. The van der Waals surface area contributed by atoms with E-state index in [0.29, 0.717) is 32.5 Å². The minimum absolute atomic E-state index is 0.111. The molecule has 1 aliphatic rings. The lowest BCUT2D eigenvalue weighted by Crippen LogP contribution is -2.41. The molecule has 0 unspecified atom stereocenters. The molecule has 1 aromatic rings. The number of hydrogen-bond donors (Lipinski definition) is 1. The van der Waals surface area contributed by atoms with E-state index in [1.54, 1.807) is 0 Å². The van der Waals surface area contributed by atoms with E-state index >= 15 is 0 Å². The predicted octanol–water partition coefficient (Wildman–Crippen LogP) is 2.19. The number of nitrogens with two attached hydrogens (primary N) is 1. The summed E-state index contributed by atoms with van der Waals surface area (Å²) < 4.78 is 33.0. The van der Waals surface area contributed by atoms with Crippen molar-refractivity contribution < 1.29 is 18.3 Å². The zero-order chi connectivity index (χ0) is 14.7. The maximum absolute atomic E-state index is 13.8. The number of likely N-dealkylation sites (tertiary alicyclic amines) is 1. The number of nitrogens with zero attached hydrogens (tertiary/aromatic N) is 1. The van der Waals surface area contributed by atoms with E-state index < -0.39 is 23.1 Å². The molecule has 1 saturated heterocycles. The minimum atomic E-state index is -0.984. The topological polar surface area (TPSA) is 55.6 Å². The molecule has 2 N–H and O–H groups in total. The third kappa shape index (κ3) is 2.90. The van der Waals surface area contributed by atoms with Gasteiger partial charge in [0, 0.05) is 19.7 Å². The Hall–Kier alpha value is -1.69. The number of amides is 1. The Labute approximate surface area is 116 Å². The van der Waals surface area contributed by atoms with Gasteiger partial charge in [0.1, 0.15) is 11.4 Å². The van der Waals surface area contributed by atoms with Gasteiger partial charge in [-0.05, 0) is 31.9 Å². The first-order chi connectivity index (χ1) is 9.54. The Morgan fingerprint density at radius 1 is 1.40 bits per heavy atom. The van der Waals surface area contributed by atoms with Gasteiger partial charge in [-0.15, -0.1) is 0 Å². The van der Waals surface area contributed by atoms with E-state index in [4.69, 9.17) is 10.5 Å². The van der Waals surface area contributed by atoms with Gasteiger partial charge in [0.25, 0.3) is 5.91 Å². The standard InChI is InChI=1S/C14H18F2N2O2/c1-2-20-9-5-7-18(8-6-9)14(19)12-10(15)3-4-11(17)13(12)16/h3-4,9H,2,5-8,17H2,1H3. The number of carbonyl (C=O) groups is 1. The fourth-order valence-electron chi connectivity index (χ4n) is 2.38. The number of rotatable bonds is 3. The van der Waals surface area contributed by atoms with Crippen molar-refractivity contribution in [1.82, 2.24) is 4.90 Å². The molecule has 1 fully saturated rings. The van der Waals surface area contributed by atoms with Crippen molar-refractivity contribution in [2.75, 3.05) is 25.4 Å². The van der Waals surface area contributed by atoms with E-state index in [1.807, 2.05) is 6.92 Å². The van der Waals surface area contributed by atoms with Crippen molar-refractivity contribution in [2.45, 2.75) is 25.9 Å². The van der Waals surface area contributed by atoms with Crippen LogP contribution < -0.4 is 5.73 Å². The Morgan fingerprint density at radius 2 is 2.05 bits per heavy atom. The minimum Gasteiger partial charge on any atom is -0.396 e. The van der Waals surface area contributed by atoms with E-state index in [9.17, 15) is 13.6 Å². The molecule has 6 heteroatoms. The quantitative estimate of drug-likeness (QED) is 0.866. The summed E-state index contributed by atoms with van der Waals surface area (Å²) in [6.45, 7) is 3.39. The highest BCUT2D eigenvalue weighted by molar-refractivity contribution is 5.95. The van der Waals surface area contributed by atoms with Gasteiger partial charge in [-0.2, -0.15) is 0 Å². The van der Waals surface area contributed by atoms with Crippen LogP contribution in [0.1, 0.15) is 30.1 Å². The Bertz CT molecular complexity index is 500. The van der Waals surface area contributed by atoms with Crippen LogP contribution in [0.15, 0.2) is 12.1 Å². The van der Waals surface area contributed by atoms with Crippen molar-refractivity contribution >= 4 is 11.6 Å². The van der Waals surface area contributed by atoms with Crippen molar-refractivity contribution in [1.29, 1.82) is 0 Å². The molecule has 4 nitrogen and oxygen atoms in total. The fourth-order valence-corrected chi connectivity index (χ4v) is 2.38. The Balaban J connectivity index is 2.12. The van der Waals surface area contributed by atoms with Crippen LogP contribution in [0, 0.1) is 11.6 Å². The molecule has 0 saturated carbocycles. The molecule has 1 amide bonds. The second kappa shape index (κ2) is 6.17. The molecule has 20 heavy (non-hydrogen) atoms. The van der Waals surface area contributed by atoms with Crippen LogP contribution in [-0.4, -0.2) is 36.6 Å². The van der Waals surface area contributed by atoms with Gasteiger partial charge in [-0.3, -0.25) is 4.79 Å². The molecule has 1 aromatic carbocycles. The number of benzene rings is 1. The van der Waals surface area contributed by atoms with Gasteiger partial charge < -0.3 is 15.4 Å². The van der Waals surface area contributed by atoms with Gasteiger partial charge in [-0.1, -0.05) is 0 Å². The molecule has 0 radical (unpaired) electrons. The van der Waals surface area contributed by atoms with E-state index in [0.717, 1.165) is 12.1 Å². The number of ether oxygens (including phenoxy) is 1. The van der Waals surface area contributed by atoms with Crippen LogP contribution in [0.4, 0.5) is 14.5 Å². The SMILES string of the molecule is CCOC1CCN(C(=O)c2c(F)ccc(N)c2F)CC1. The van der Waals surface area contributed by atoms with Crippen molar-refractivity contribution in [3.8, 4) is 0 Å². The third-order valence-corrected chi connectivity index (χ3v) is 3.47. The van der Waals surface area contributed by atoms with E-state index in [2.05, 4.69) is 0 Å². The smallest absolute Gasteiger partial charge is 0.259 e. The molecule has 2 rings (SSSR count). The first-order valence-electron chi connectivity index (χ1n) is 6.69. The summed E-state index contributed by atoms with van der Waals surface area (Å²) in [4.78, 5) is 13.6. The van der Waals surface area contributed by atoms with Gasteiger partial charge in [0.15, 0.2) is 5.82 Å². The van der Waals surface area contributed by atoms with Crippen molar-refractivity contribution in [2.24, 2.45) is 0 Å². The molecular formula is C14H18F2N2O2. The summed E-state index contributed by atoms with van der Waals surface area (Å²) in [6.07, 6.45) is 1.45. The fraction of sp³-hybridized carbons (Fsp3) is 0.500. The van der Waals surface area contributed by atoms with Gasteiger partial charge in [-0.25, -0.2) is 8.78 Å². The molecule has 1 aliphatic heterocycles. The second-order valence-electron chi connectivity index (χ2n) is 4.77. The lowest BCUT2D eigenvalue weighted by Gasteiger charge is -2.32. The summed E-state index contributed by atoms with van der Waals surface area (Å²) in [5, 5.41) is 0. The largest absolute Gasteiger partial charge is 0.396 e. The van der Waals surface area contributed by atoms with Crippen LogP contribution in [0.5, 0.6) is 0 Å². The van der Waals surface area contributed by atoms with Crippen LogP contribution >= 0.6 is 0 Å². The monoisotopic (exact) mass is 284 g/mol. The van der Waals surface area contributed by atoms with Crippen LogP contribution in [0.2, 0.25) is 0 Å². The second-order valence-corrected chi connectivity index (χ2v) is 4.77. The van der Waals surface area contributed by atoms with Gasteiger partial charge in [0.05, 0.1) is 11.8 Å². The lowest BCUT2D eigenvalue weighted by atomic mass is 10.1. The molecule has 0 bridgehead atoms. The molecule has 1 heterocycles. The molecular weight excluding hydrogens is 266 g/mol. The molecule has 0 aromatic heterocycles. The lowest BCUT2D eigenvalue weighted by molar-refractivity contribution is 0.0143. The summed E-state index contributed by atoms with van der Waals surface area (Å²) in [7, 11) is 0. The highest BCUT2D eigenvalue weighted by atomic mass is 19.1. The molecule has 110 valence electrons. The molecule has 0 aliphatic carbocycles. The summed E-state index contributed by atoms with van der Waals surface area (Å²) in [5.74, 6) is -2.52. The number of halogens is 2. The summed E-state index contributed by atoms with van der Waals surface area (Å²) in [5.41, 5.74) is 4.59. The number of carbonyl (C=O) groups excluding carboxylic acids is 1. The van der Waals surface area contributed by atoms with Crippen LogP contribution in [-0.2, 0) is 4.74 Å². The highest BCUT2D eigenvalue weighted by Crippen LogP contribution is 2.22. The average molecular weight is 284 g/mol. The predicted molar refractivity (Wildman–Crippen MR) is 71.3 cm³/mol. The van der Waals surface area contributed by atoms with Crippen LogP contribution in [0.3, 0.4) is 0 Å². The Kier molecular flexibility index (Phi) is 4.54. The maximum Gasteiger partial charge on any atom is 0.259 e. The van der Waals surface area contributed by atoms with E-state index in [-0.39, 0.29) is 11.8 Å². The number of anilines is 1. The third-order valence-electron chi connectivity index (χ3n) is 3.47. The average Bonchev–Trinajstić information content (AvgIpc) is 2.44. The van der Waals surface area contributed by atoms with Crippen LogP contribution in [0.25, 0.3) is 0 Å². The zero-order valence-electron chi connectivity index (χ0n) is 11.4. The van der Waals surface area contributed by atoms with E-state index in [1.165, 1.54) is 4.90 Å². The Morgan fingerprint density at radius 3 is 2.65 bits per heavy atom. The first kappa shape index (κ1) is 14.7. The van der Waals surface area contributed by atoms with Gasteiger partial charge in [0.2, 0.25) is 0 Å². The zero-order valence-corrected chi connectivity index (χ0v) is 11.4. The number of piperidine rings is 1.